The first-order valence-corrected chi connectivity index (χ1v) is 5.46. The van der Waals surface area contributed by atoms with Crippen molar-refractivity contribution in [3.05, 3.63) is 5.01 Å². The summed E-state index contributed by atoms with van der Waals surface area (Å²) in [5, 5.41) is 20.0. The van der Waals surface area contributed by atoms with Crippen molar-refractivity contribution >= 4 is 28.3 Å². The Hall–Kier alpha value is -1.50. The third-order valence-corrected chi connectivity index (χ3v) is 2.71. The number of hydrogen-bond acceptors (Lipinski definition) is 5. The van der Waals surface area contributed by atoms with Crippen molar-refractivity contribution in [3.8, 4) is 0 Å². The predicted octanol–water partition coefficient (Wildman–Crippen LogP) is 1.29. The minimum absolute atomic E-state index is 0.0963. The molecule has 7 heteroatoms. The van der Waals surface area contributed by atoms with Gasteiger partial charge in [0, 0.05) is 6.42 Å². The quantitative estimate of drug-likeness (QED) is 0.831. The molecule has 0 saturated heterocycles. The molecular weight excluding hydrogens is 230 g/mol. The number of amides is 1. The van der Waals surface area contributed by atoms with Gasteiger partial charge in [-0.1, -0.05) is 11.3 Å². The number of carboxylic acid groups (broad SMARTS) is 1. The van der Waals surface area contributed by atoms with Gasteiger partial charge in [0.15, 0.2) is 0 Å². The Morgan fingerprint density at radius 3 is 2.50 bits per heavy atom. The standard InChI is InChI=1S/C9H13N3O3S/c1-5-11-12-8(16-5)10-6(13)4-9(2,3)7(14)15/h4H2,1-3H3,(H,14,15)(H,10,12,13). The summed E-state index contributed by atoms with van der Waals surface area (Å²) in [6.45, 7) is 4.77. The normalized spacial score (nSPS) is 11.2. The maximum atomic E-state index is 11.5. The summed E-state index contributed by atoms with van der Waals surface area (Å²) in [5.41, 5.74) is -1.08. The first kappa shape index (κ1) is 12.6. The smallest absolute Gasteiger partial charge is 0.309 e. The number of carbonyl (C=O) groups is 2. The zero-order valence-corrected chi connectivity index (χ0v) is 10.1. The van der Waals surface area contributed by atoms with Gasteiger partial charge in [-0.25, -0.2) is 0 Å². The topological polar surface area (TPSA) is 92.2 Å². The summed E-state index contributed by atoms with van der Waals surface area (Å²) in [5.74, 6) is -1.38. The van der Waals surface area contributed by atoms with E-state index in [4.69, 9.17) is 5.11 Å². The molecule has 1 heterocycles. The molecule has 0 aliphatic carbocycles. The van der Waals surface area contributed by atoms with Gasteiger partial charge < -0.3 is 10.4 Å². The second-order valence-electron chi connectivity index (χ2n) is 4.04. The third-order valence-electron chi connectivity index (χ3n) is 1.95. The molecule has 1 rings (SSSR count). The molecule has 0 aliphatic heterocycles. The molecule has 1 amide bonds. The average molecular weight is 243 g/mol. The van der Waals surface area contributed by atoms with Gasteiger partial charge in [0.25, 0.3) is 0 Å². The molecule has 0 fully saturated rings. The van der Waals surface area contributed by atoms with Gasteiger partial charge in [-0.2, -0.15) is 0 Å². The first-order valence-electron chi connectivity index (χ1n) is 4.64. The van der Waals surface area contributed by atoms with Gasteiger partial charge in [0.2, 0.25) is 11.0 Å². The van der Waals surface area contributed by atoms with Crippen LogP contribution in [-0.4, -0.2) is 27.2 Å². The van der Waals surface area contributed by atoms with Crippen LogP contribution in [0.25, 0.3) is 0 Å². The number of nitrogens with zero attached hydrogens (tertiary/aromatic N) is 2. The molecule has 1 aromatic rings. The molecule has 1 aromatic heterocycles. The largest absolute Gasteiger partial charge is 0.481 e. The number of nitrogens with one attached hydrogen (secondary N) is 1. The molecule has 88 valence electrons. The van der Waals surface area contributed by atoms with Crippen LogP contribution >= 0.6 is 11.3 Å². The maximum Gasteiger partial charge on any atom is 0.309 e. The lowest BCUT2D eigenvalue weighted by Crippen LogP contribution is -2.29. The fourth-order valence-electron chi connectivity index (χ4n) is 0.988. The highest BCUT2D eigenvalue weighted by Crippen LogP contribution is 2.22. The number of aliphatic carboxylic acids is 1. The second kappa shape index (κ2) is 4.56. The van der Waals surface area contributed by atoms with Crippen LogP contribution in [-0.2, 0) is 9.59 Å². The van der Waals surface area contributed by atoms with Crippen molar-refractivity contribution in [1.82, 2.24) is 10.2 Å². The fourth-order valence-corrected chi connectivity index (χ4v) is 1.60. The highest BCUT2D eigenvalue weighted by molar-refractivity contribution is 7.15. The van der Waals surface area contributed by atoms with E-state index in [2.05, 4.69) is 15.5 Å². The van der Waals surface area contributed by atoms with Crippen LogP contribution < -0.4 is 5.32 Å². The van der Waals surface area contributed by atoms with Crippen molar-refractivity contribution in [2.24, 2.45) is 5.41 Å². The Balaban J connectivity index is 2.58. The Kier molecular flexibility index (Phi) is 3.58. The van der Waals surface area contributed by atoms with Gasteiger partial charge in [-0.3, -0.25) is 9.59 Å². The van der Waals surface area contributed by atoms with Crippen molar-refractivity contribution < 1.29 is 14.7 Å². The molecule has 0 spiro atoms. The number of aryl methyl sites for hydroxylation is 1. The van der Waals surface area contributed by atoms with E-state index < -0.39 is 11.4 Å². The summed E-state index contributed by atoms with van der Waals surface area (Å²) < 4.78 is 0. The molecule has 0 unspecified atom stereocenters. The van der Waals surface area contributed by atoms with Crippen LogP contribution in [0.5, 0.6) is 0 Å². The number of rotatable bonds is 4. The summed E-state index contributed by atoms with van der Waals surface area (Å²) >= 11 is 1.25. The van der Waals surface area contributed by atoms with E-state index in [0.717, 1.165) is 5.01 Å². The van der Waals surface area contributed by atoms with E-state index >= 15 is 0 Å². The van der Waals surface area contributed by atoms with Gasteiger partial charge in [-0.05, 0) is 20.8 Å². The van der Waals surface area contributed by atoms with Gasteiger partial charge in [-0.15, -0.1) is 10.2 Å². The zero-order valence-electron chi connectivity index (χ0n) is 9.27. The number of aromatic nitrogens is 2. The van der Waals surface area contributed by atoms with E-state index in [-0.39, 0.29) is 12.3 Å². The van der Waals surface area contributed by atoms with Crippen molar-refractivity contribution in [3.63, 3.8) is 0 Å². The molecule has 0 atom stereocenters. The highest BCUT2D eigenvalue weighted by Gasteiger charge is 2.30. The van der Waals surface area contributed by atoms with Crippen LogP contribution in [0, 0.1) is 12.3 Å². The molecule has 16 heavy (non-hydrogen) atoms. The van der Waals surface area contributed by atoms with Crippen LogP contribution in [0.3, 0.4) is 0 Å². The van der Waals surface area contributed by atoms with Crippen LogP contribution in [0.4, 0.5) is 5.13 Å². The second-order valence-corrected chi connectivity index (χ2v) is 5.22. The van der Waals surface area contributed by atoms with E-state index in [0.29, 0.717) is 5.13 Å². The van der Waals surface area contributed by atoms with Crippen LogP contribution in [0.2, 0.25) is 0 Å². The van der Waals surface area contributed by atoms with Gasteiger partial charge >= 0.3 is 5.97 Å². The number of anilines is 1. The third kappa shape index (κ3) is 3.27. The molecule has 0 radical (unpaired) electrons. The molecule has 0 aliphatic rings. The van der Waals surface area contributed by atoms with Crippen LogP contribution in [0.15, 0.2) is 0 Å². The Morgan fingerprint density at radius 2 is 2.06 bits per heavy atom. The lowest BCUT2D eigenvalue weighted by Gasteiger charge is -2.17. The van der Waals surface area contributed by atoms with Gasteiger partial charge in [0.05, 0.1) is 5.41 Å². The van der Waals surface area contributed by atoms with Gasteiger partial charge in [0.1, 0.15) is 5.01 Å². The van der Waals surface area contributed by atoms with E-state index in [9.17, 15) is 9.59 Å². The van der Waals surface area contributed by atoms with E-state index in [1.807, 2.05) is 0 Å². The maximum absolute atomic E-state index is 11.5. The predicted molar refractivity (Wildman–Crippen MR) is 59.3 cm³/mol. The van der Waals surface area contributed by atoms with E-state index in [1.165, 1.54) is 25.2 Å². The van der Waals surface area contributed by atoms with Crippen molar-refractivity contribution in [1.29, 1.82) is 0 Å². The minimum atomic E-state index is -1.08. The number of hydrogen-bond donors (Lipinski definition) is 2. The molecule has 6 nitrogen and oxygen atoms in total. The van der Waals surface area contributed by atoms with Crippen molar-refractivity contribution in [2.75, 3.05) is 5.32 Å². The molecule has 0 saturated carbocycles. The Bertz CT molecular complexity index is 414. The summed E-state index contributed by atoms with van der Waals surface area (Å²) in [6, 6.07) is 0. The Labute approximate surface area is 96.7 Å². The lowest BCUT2D eigenvalue weighted by atomic mass is 9.89. The first-order chi connectivity index (χ1) is 7.31. The van der Waals surface area contributed by atoms with Crippen molar-refractivity contribution in [2.45, 2.75) is 27.2 Å². The van der Waals surface area contributed by atoms with E-state index in [1.54, 1.807) is 6.92 Å². The lowest BCUT2D eigenvalue weighted by molar-refractivity contribution is -0.148. The number of carboxylic acids is 1. The summed E-state index contributed by atoms with van der Waals surface area (Å²) in [7, 11) is 0. The SMILES string of the molecule is Cc1nnc(NC(=O)CC(C)(C)C(=O)O)s1. The molecular formula is C9H13N3O3S. The molecule has 0 aromatic carbocycles. The van der Waals surface area contributed by atoms with Crippen LogP contribution in [0.1, 0.15) is 25.3 Å². The summed E-state index contributed by atoms with van der Waals surface area (Å²) in [6.07, 6.45) is -0.0963. The monoisotopic (exact) mass is 243 g/mol. The Morgan fingerprint density at radius 1 is 1.44 bits per heavy atom. The highest BCUT2D eigenvalue weighted by atomic mass is 32.1. The number of carbonyl (C=O) groups excluding carboxylic acids is 1. The average Bonchev–Trinajstić information content (AvgIpc) is 2.49. The fraction of sp³-hybridized carbons (Fsp3) is 0.556. The molecule has 0 bridgehead atoms. The minimum Gasteiger partial charge on any atom is -0.481 e. The zero-order chi connectivity index (χ0) is 12.3. The molecule has 2 N–H and O–H groups in total. The summed E-state index contributed by atoms with van der Waals surface area (Å²) in [4.78, 5) is 22.3.